The lowest BCUT2D eigenvalue weighted by atomic mass is 9.73. The van der Waals surface area contributed by atoms with Crippen LogP contribution >= 0.6 is 23.2 Å². The molecule has 2 aliphatic rings. The third-order valence-electron chi connectivity index (χ3n) is 5.45. The molecule has 1 saturated heterocycles. The van der Waals surface area contributed by atoms with Crippen LogP contribution in [0.3, 0.4) is 0 Å². The fourth-order valence-corrected chi connectivity index (χ4v) is 4.54. The average molecular weight is 386 g/mol. The number of benzene rings is 2. The Balaban J connectivity index is 1.82. The first-order valence-corrected chi connectivity index (χ1v) is 9.88. The summed E-state index contributed by atoms with van der Waals surface area (Å²) in [6.45, 7) is 2.05. The molecule has 0 aromatic heterocycles. The molecule has 0 amide bonds. The lowest BCUT2D eigenvalue weighted by molar-refractivity contribution is -0.115. The van der Waals surface area contributed by atoms with Crippen molar-refractivity contribution in [1.82, 2.24) is 4.90 Å². The maximum Gasteiger partial charge on any atom is 0.158 e. The number of hydrogen-bond donors (Lipinski definition) is 0. The zero-order valence-electron chi connectivity index (χ0n) is 14.5. The normalized spacial score (nSPS) is 23.2. The minimum Gasteiger partial charge on any atom is -0.374 e. The highest BCUT2D eigenvalue weighted by Crippen LogP contribution is 2.46. The smallest absolute Gasteiger partial charge is 0.158 e. The van der Waals surface area contributed by atoms with Gasteiger partial charge in [-0.1, -0.05) is 59.6 Å². The van der Waals surface area contributed by atoms with Crippen molar-refractivity contribution in [3.8, 4) is 0 Å². The standard InChI is InChI=1S/C22H21Cl2NO/c23-19-9-8-16(12-20(19)24)18-13-17(26)14-21(25-10-4-5-11-25)22(18)15-6-2-1-3-7-15/h1-3,6-9,12,14,18,22H,4-5,10-11,13H2. The van der Waals surface area contributed by atoms with E-state index in [-0.39, 0.29) is 17.6 Å². The van der Waals surface area contributed by atoms with Gasteiger partial charge < -0.3 is 4.90 Å². The van der Waals surface area contributed by atoms with Crippen molar-refractivity contribution < 1.29 is 4.79 Å². The predicted octanol–water partition coefficient (Wildman–Crippen LogP) is 5.81. The summed E-state index contributed by atoms with van der Waals surface area (Å²) in [4.78, 5) is 15.0. The largest absolute Gasteiger partial charge is 0.374 e. The molecule has 0 saturated carbocycles. The molecule has 1 fully saturated rings. The van der Waals surface area contributed by atoms with E-state index in [2.05, 4.69) is 29.2 Å². The van der Waals surface area contributed by atoms with Crippen LogP contribution in [-0.4, -0.2) is 23.8 Å². The molecule has 2 aromatic carbocycles. The molecule has 1 aliphatic carbocycles. The Labute approximate surface area is 164 Å². The Morgan fingerprint density at radius 2 is 1.62 bits per heavy atom. The van der Waals surface area contributed by atoms with Crippen LogP contribution in [0.2, 0.25) is 10.0 Å². The molecule has 26 heavy (non-hydrogen) atoms. The number of carbonyl (C=O) groups is 1. The number of halogens is 2. The van der Waals surface area contributed by atoms with Crippen molar-refractivity contribution >= 4 is 29.0 Å². The van der Waals surface area contributed by atoms with Gasteiger partial charge in [-0.05, 0) is 36.1 Å². The summed E-state index contributed by atoms with van der Waals surface area (Å²) >= 11 is 12.4. The van der Waals surface area contributed by atoms with Gasteiger partial charge in [0, 0.05) is 43.1 Å². The highest BCUT2D eigenvalue weighted by molar-refractivity contribution is 6.42. The molecule has 1 heterocycles. The molecule has 4 rings (SSSR count). The predicted molar refractivity (Wildman–Crippen MR) is 107 cm³/mol. The molecule has 2 aromatic rings. The average Bonchev–Trinajstić information content (AvgIpc) is 3.18. The highest BCUT2D eigenvalue weighted by atomic mass is 35.5. The van der Waals surface area contributed by atoms with Crippen LogP contribution in [0.15, 0.2) is 60.3 Å². The number of ketones is 1. The van der Waals surface area contributed by atoms with Crippen molar-refractivity contribution in [2.24, 2.45) is 0 Å². The van der Waals surface area contributed by atoms with E-state index in [0.29, 0.717) is 16.5 Å². The van der Waals surface area contributed by atoms with E-state index >= 15 is 0 Å². The first-order valence-electron chi connectivity index (χ1n) is 9.13. The van der Waals surface area contributed by atoms with E-state index in [9.17, 15) is 4.79 Å². The van der Waals surface area contributed by atoms with Crippen LogP contribution in [0.25, 0.3) is 0 Å². The van der Waals surface area contributed by atoms with Gasteiger partial charge in [0.2, 0.25) is 0 Å². The van der Waals surface area contributed by atoms with E-state index in [0.717, 1.165) is 24.4 Å². The summed E-state index contributed by atoms with van der Waals surface area (Å²) in [5, 5.41) is 1.09. The lowest BCUT2D eigenvalue weighted by Crippen LogP contribution is -2.31. The van der Waals surface area contributed by atoms with Gasteiger partial charge in [0.25, 0.3) is 0 Å². The molecule has 0 N–H and O–H groups in total. The Hall–Kier alpha value is -1.77. The second kappa shape index (κ2) is 7.46. The summed E-state index contributed by atoms with van der Waals surface area (Å²) in [6.07, 6.45) is 4.74. The SMILES string of the molecule is O=C1C=C(N2CCCC2)C(c2ccccc2)C(c2ccc(Cl)c(Cl)c2)C1. The molecule has 0 radical (unpaired) electrons. The van der Waals surface area contributed by atoms with Gasteiger partial charge in [0.1, 0.15) is 0 Å². The summed E-state index contributed by atoms with van der Waals surface area (Å²) in [6, 6.07) is 16.3. The zero-order valence-corrected chi connectivity index (χ0v) is 16.0. The number of carbonyl (C=O) groups excluding carboxylic acids is 1. The second-order valence-corrected chi connectivity index (χ2v) is 7.92. The van der Waals surface area contributed by atoms with Gasteiger partial charge in [-0.2, -0.15) is 0 Å². The van der Waals surface area contributed by atoms with Crippen molar-refractivity contribution in [1.29, 1.82) is 0 Å². The number of likely N-dealkylation sites (tertiary alicyclic amines) is 1. The summed E-state index contributed by atoms with van der Waals surface area (Å²) in [5.41, 5.74) is 3.47. The molecule has 0 spiro atoms. The Bertz CT molecular complexity index is 840. The molecular formula is C22H21Cl2NO. The molecule has 2 nitrogen and oxygen atoms in total. The van der Waals surface area contributed by atoms with Crippen molar-refractivity contribution in [2.75, 3.05) is 13.1 Å². The van der Waals surface area contributed by atoms with E-state index in [4.69, 9.17) is 23.2 Å². The van der Waals surface area contributed by atoms with E-state index < -0.39 is 0 Å². The molecular weight excluding hydrogens is 365 g/mol. The number of nitrogens with zero attached hydrogens (tertiary/aromatic N) is 1. The molecule has 1 aliphatic heterocycles. The van der Waals surface area contributed by atoms with Gasteiger partial charge in [0.15, 0.2) is 5.78 Å². The van der Waals surface area contributed by atoms with Crippen LogP contribution in [-0.2, 0) is 4.79 Å². The minimum absolute atomic E-state index is 0.0697. The zero-order chi connectivity index (χ0) is 18.1. The van der Waals surface area contributed by atoms with Gasteiger partial charge in [-0.15, -0.1) is 0 Å². The molecule has 0 bridgehead atoms. The van der Waals surface area contributed by atoms with Gasteiger partial charge in [-0.25, -0.2) is 0 Å². The maximum atomic E-state index is 12.6. The van der Waals surface area contributed by atoms with Crippen LogP contribution in [0.1, 0.15) is 42.2 Å². The fourth-order valence-electron chi connectivity index (χ4n) is 4.23. The summed E-state index contributed by atoms with van der Waals surface area (Å²) in [5.74, 6) is 0.416. The monoisotopic (exact) mass is 385 g/mol. The topological polar surface area (TPSA) is 20.3 Å². The number of rotatable bonds is 3. The molecule has 2 atom stereocenters. The van der Waals surface area contributed by atoms with E-state index in [1.807, 2.05) is 30.3 Å². The molecule has 134 valence electrons. The summed E-state index contributed by atoms with van der Waals surface area (Å²) < 4.78 is 0. The van der Waals surface area contributed by atoms with Crippen molar-refractivity contribution in [2.45, 2.75) is 31.1 Å². The van der Waals surface area contributed by atoms with Crippen molar-refractivity contribution in [3.63, 3.8) is 0 Å². The number of hydrogen-bond acceptors (Lipinski definition) is 2. The lowest BCUT2D eigenvalue weighted by Gasteiger charge is -2.37. The third-order valence-corrected chi connectivity index (χ3v) is 6.19. The molecule has 2 unspecified atom stereocenters. The fraction of sp³-hybridized carbons (Fsp3) is 0.318. The van der Waals surface area contributed by atoms with Gasteiger partial charge in [0.05, 0.1) is 10.0 Å². The van der Waals surface area contributed by atoms with Crippen LogP contribution in [0.5, 0.6) is 0 Å². The molecule has 4 heteroatoms. The van der Waals surface area contributed by atoms with Gasteiger partial charge >= 0.3 is 0 Å². The first kappa shape index (κ1) is 17.6. The third kappa shape index (κ3) is 3.41. The van der Waals surface area contributed by atoms with E-state index in [1.165, 1.54) is 18.4 Å². The Kier molecular flexibility index (Phi) is 5.06. The summed E-state index contributed by atoms with van der Waals surface area (Å²) in [7, 11) is 0. The van der Waals surface area contributed by atoms with Gasteiger partial charge in [-0.3, -0.25) is 4.79 Å². The highest BCUT2D eigenvalue weighted by Gasteiger charge is 2.36. The van der Waals surface area contributed by atoms with Crippen LogP contribution in [0, 0.1) is 0 Å². The Morgan fingerprint density at radius 3 is 2.31 bits per heavy atom. The first-order chi connectivity index (χ1) is 12.6. The van der Waals surface area contributed by atoms with E-state index in [1.54, 1.807) is 0 Å². The second-order valence-electron chi connectivity index (χ2n) is 7.10. The van der Waals surface area contributed by atoms with Crippen LogP contribution < -0.4 is 0 Å². The van der Waals surface area contributed by atoms with Crippen LogP contribution in [0.4, 0.5) is 0 Å². The Morgan fingerprint density at radius 1 is 0.885 bits per heavy atom. The minimum atomic E-state index is 0.0697. The number of allylic oxidation sites excluding steroid dienone is 2. The quantitative estimate of drug-likeness (QED) is 0.663. The van der Waals surface area contributed by atoms with Crippen molar-refractivity contribution in [3.05, 3.63) is 81.5 Å². The maximum absolute atomic E-state index is 12.6.